The van der Waals surface area contributed by atoms with Crippen molar-refractivity contribution in [3.63, 3.8) is 0 Å². The van der Waals surface area contributed by atoms with Gasteiger partial charge in [-0.2, -0.15) is 0 Å². The summed E-state index contributed by atoms with van der Waals surface area (Å²) in [5.41, 5.74) is -1.84. The van der Waals surface area contributed by atoms with Gasteiger partial charge in [-0.25, -0.2) is 0 Å². The smallest absolute Gasteiger partial charge is 0.227 e. The standard InChI is InChI=1S/C21H36NO5P/c1-5-6-12-25-17-13-16-19(24)22-21(14-23,20(16,2)26-17)18(27-28(3)4)15-10-8-7-9-11-15/h8,10,15-18,23H,5-7,9,11-14H2,1-4H3,(H,22,24)/t15-,16+,17?,18-,20+,21-/m1/s1. The zero-order valence-corrected chi connectivity index (χ0v) is 18.5. The lowest BCUT2D eigenvalue weighted by atomic mass is 9.69. The van der Waals surface area contributed by atoms with Crippen LogP contribution in [0.15, 0.2) is 12.2 Å². The molecule has 0 aromatic rings. The Kier molecular flexibility index (Phi) is 7.20. The first-order valence-corrected chi connectivity index (χ1v) is 12.8. The van der Waals surface area contributed by atoms with Crippen LogP contribution in [-0.2, 0) is 18.8 Å². The molecule has 3 rings (SSSR count). The number of carbonyl (C=O) groups is 1. The molecule has 3 aliphatic rings. The van der Waals surface area contributed by atoms with E-state index in [1.165, 1.54) is 0 Å². The van der Waals surface area contributed by atoms with Crippen LogP contribution in [0, 0.1) is 11.8 Å². The van der Waals surface area contributed by atoms with E-state index < -0.39 is 25.6 Å². The van der Waals surface area contributed by atoms with Crippen LogP contribution in [0.3, 0.4) is 0 Å². The molecule has 2 saturated heterocycles. The van der Waals surface area contributed by atoms with Crippen molar-refractivity contribution in [1.29, 1.82) is 0 Å². The second-order valence-corrected chi connectivity index (χ2v) is 10.5. The van der Waals surface area contributed by atoms with Crippen LogP contribution in [0.4, 0.5) is 0 Å². The predicted octanol–water partition coefficient (Wildman–Crippen LogP) is 3.18. The van der Waals surface area contributed by atoms with Gasteiger partial charge in [0.05, 0.1) is 18.6 Å². The highest BCUT2D eigenvalue weighted by Crippen LogP contribution is 2.53. The van der Waals surface area contributed by atoms with Gasteiger partial charge in [-0.05, 0) is 45.9 Å². The molecule has 0 spiro atoms. The molecule has 2 N–H and O–H groups in total. The van der Waals surface area contributed by atoms with Gasteiger partial charge in [0, 0.05) is 27.1 Å². The maximum absolute atomic E-state index is 13.0. The second kappa shape index (κ2) is 9.09. The van der Waals surface area contributed by atoms with E-state index in [4.69, 9.17) is 14.0 Å². The fraction of sp³-hybridized carbons (Fsp3) is 0.857. The average Bonchev–Trinajstić information content (AvgIpc) is 3.12. The molecule has 6 nitrogen and oxygen atoms in total. The van der Waals surface area contributed by atoms with Crippen LogP contribution in [0.25, 0.3) is 0 Å². The molecular formula is C21H36NO5P. The first-order valence-electron chi connectivity index (χ1n) is 10.6. The number of nitrogens with one attached hydrogen (secondary N) is 1. The summed E-state index contributed by atoms with van der Waals surface area (Å²) in [6.45, 7) is 8.59. The van der Waals surface area contributed by atoms with E-state index in [1.54, 1.807) is 0 Å². The third-order valence-electron chi connectivity index (χ3n) is 6.56. The lowest BCUT2D eigenvalue weighted by molar-refractivity contribution is -0.203. The highest BCUT2D eigenvalue weighted by Gasteiger charge is 2.70. The van der Waals surface area contributed by atoms with Gasteiger partial charge in [0.15, 0.2) is 6.29 Å². The van der Waals surface area contributed by atoms with E-state index in [9.17, 15) is 9.90 Å². The molecule has 1 unspecified atom stereocenters. The van der Waals surface area contributed by atoms with E-state index in [0.29, 0.717) is 13.0 Å². The number of fused-ring (bicyclic) bond motifs is 1. The molecule has 7 heteroatoms. The maximum Gasteiger partial charge on any atom is 0.227 e. The van der Waals surface area contributed by atoms with Crippen molar-refractivity contribution in [2.45, 2.75) is 75.9 Å². The molecular weight excluding hydrogens is 377 g/mol. The Morgan fingerprint density at radius 2 is 2.25 bits per heavy atom. The lowest BCUT2D eigenvalue weighted by Gasteiger charge is -2.48. The van der Waals surface area contributed by atoms with Gasteiger partial charge < -0.3 is 24.4 Å². The van der Waals surface area contributed by atoms with Gasteiger partial charge in [0.25, 0.3) is 0 Å². The fourth-order valence-electron chi connectivity index (χ4n) is 4.98. The van der Waals surface area contributed by atoms with Crippen LogP contribution < -0.4 is 5.32 Å². The van der Waals surface area contributed by atoms with Crippen molar-refractivity contribution >= 4 is 14.1 Å². The highest BCUT2D eigenvalue weighted by atomic mass is 31.1. The van der Waals surface area contributed by atoms with Crippen LogP contribution in [0.5, 0.6) is 0 Å². The third kappa shape index (κ3) is 3.91. The molecule has 1 aliphatic carbocycles. The summed E-state index contributed by atoms with van der Waals surface area (Å²) in [5.74, 6) is -0.265. The van der Waals surface area contributed by atoms with Gasteiger partial charge >= 0.3 is 0 Å². The molecule has 0 aromatic heterocycles. The fourth-order valence-corrected chi connectivity index (χ4v) is 5.77. The Hall–Kier alpha value is -0.520. The van der Waals surface area contributed by atoms with Crippen molar-refractivity contribution in [2.24, 2.45) is 11.8 Å². The molecule has 0 radical (unpaired) electrons. The number of ether oxygens (including phenoxy) is 2. The largest absolute Gasteiger partial charge is 0.394 e. The number of hydrogen-bond donors (Lipinski definition) is 2. The molecule has 1 amide bonds. The van der Waals surface area contributed by atoms with E-state index in [2.05, 4.69) is 37.7 Å². The number of allylic oxidation sites excluding steroid dienone is 1. The molecule has 2 heterocycles. The van der Waals surface area contributed by atoms with Gasteiger partial charge in [-0.3, -0.25) is 4.79 Å². The summed E-state index contributed by atoms with van der Waals surface area (Å²) in [6, 6.07) is 0. The van der Waals surface area contributed by atoms with Crippen molar-refractivity contribution in [1.82, 2.24) is 5.32 Å². The van der Waals surface area contributed by atoms with Gasteiger partial charge in [-0.15, -0.1) is 0 Å². The number of aliphatic hydroxyl groups excluding tert-OH is 1. The van der Waals surface area contributed by atoms with E-state index in [0.717, 1.165) is 32.1 Å². The number of carbonyl (C=O) groups excluding carboxylic acids is 1. The number of rotatable bonds is 9. The summed E-state index contributed by atoms with van der Waals surface area (Å²) in [6.07, 6.45) is 9.32. The quantitative estimate of drug-likeness (QED) is 0.345. The zero-order chi connectivity index (χ0) is 20.4. The topological polar surface area (TPSA) is 77.0 Å². The molecule has 28 heavy (non-hydrogen) atoms. The minimum atomic E-state index is -0.976. The Balaban J connectivity index is 1.91. The van der Waals surface area contributed by atoms with Crippen LogP contribution in [0.1, 0.15) is 52.4 Å². The summed E-state index contributed by atoms with van der Waals surface area (Å²) in [4.78, 5) is 13.0. The summed E-state index contributed by atoms with van der Waals surface area (Å²) >= 11 is 0. The number of amides is 1. The van der Waals surface area contributed by atoms with Gasteiger partial charge in [0.2, 0.25) is 5.91 Å². The van der Waals surface area contributed by atoms with E-state index in [-0.39, 0.29) is 30.5 Å². The van der Waals surface area contributed by atoms with E-state index in [1.807, 2.05) is 6.92 Å². The normalized spacial score (nSPS) is 38.6. The molecule has 6 atom stereocenters. The lowest BCUT2D eigenvalue weighted by Crippen LogP contribution is -2.68. The summed E-state index contributed by atoms with van der Waals surface area (Å²) < 4.78 is 18.7. The van der Waals surface area contributed by atoms with Crippen LogP contribution in [-0.4, -0.2) is 61.1 Å². The number of unbranched alkanes of at least 4 members (excludes halogenated alkanes) is 1. The van der Waals surface area contributed by atoms with Gasteiger partial charge in [0.1, 0.15) is 11.1 Å². The summed E-state index contributed by atoms with van der Waals surface area (Å²) in [7, 11) is -0.679. The number of aliphatic hydroxyl groups is 1. The predicted molar refractivity (Wildman–Crippen MR) is 110 cm³/mol. The highest BCUT2D eigenvalue weighted by molar-refractivity contribution is 7.50. The van der Waals surface area contributed by atoms with Crippen LogP contribution >= 0.6 is 8.15 Å². The molecule has 0 bridgehead atoms. The Bertz CT molecular complexity index is 585. The van der Waals surface area contributed by atoms with Crippen molar-refractivity contribution in [3.05, 3.63) is 12.2 Å². The second-order valence-electron chi connectivity index (χ2n) is 8.65. The summed E-state index contributed by atoms with van der Waals surface area (Å²) in [5, 5.41) is 13.8. The minimum absolute atomic E-state index is 0.0666. The number of hydrogen-bond acceptors (Lipinski definition) is 5. The maximum atomic E-state index is 13.0. The zero-order valence-electron chi connectivity index (χ0n) is 17.6. The minimum Gasteiger partial charge on any atom is -0.394 e. The van der Waals surface area contributed by atoms with Crippen molar-refractivity contribution < 1.29 is 23.9 Å². The Morgan fingerprint density at radius 3 is 2.86 bits per heavy atom. The SMILES string of the molecule is CCCCOC1C[C@H]2C(=O)N[C@](CO)([C@H](OP(C)C)[C@@H]3C=CCCC3)[C@@]2(C)O1. The first-order chi connectivity index (χ1) is 13.4. The Morgan fingerprint density at radius 1 is 1.46 bits per heavy atom. The van der Waals surface area contributed by atoms with Crippen molar-refractivity contribution in [2.75, 3.05) is 26.5 Å². The van der Waals surface area contributed by atoms with Crippen molar-refractivity contribution in [3.8, 4) is 0 Å². The molecule has 0 saturated carbocycles. The monoisotopic (exact) mass is 413 g/mol. The van der Waals surface area contributed by atoms with E-state index >= 15 is 0 Å². The van der Waals surface area contributed by atoms with Gasteiger partial charge in [-0.1, -0.05) is 25.5 Å². The molecule has 0 aromatic carbocycles. The molecule has 2 aliphatic heterocycles. The molecule has 160 valence electrons. The first kappa shape index (κ1) is 22.2. The third-order valence-corrected chi connectivity index (χ3v) is 7.21. The van der Waals surface area contributed by atoms with Crippen LogP contribution in [0.2, 0.25) is 0 Å². The average molecular weight is 413 g/mol. The molecule has 2 fully saturated rings. The Labute approximate surface area is 170 Å².